The average Bonchev–Trinajstić information content (AvgIpc) is 3.15. The fraction of sp³-hybridized carbons (Fsp3) is 0.389. The Bertz CT molecular complexity index is 881. The van der Waals surface area contributed by atoms with Crippen LogP contribution in [0.2, 0.25) is 0 Å². The number of fused-ring (bicyclic) bond motifs is 1. The molecule has 24 heavy (non-hydrogen) atoms. The molecule has 3 aromatic rings. The average molecular weight is 343 g/mol. The molecule has 3 aromatic heterocycles. The van der Waals surface area contributed by atoms with E-state index in [2.05, 4.69) is 29.1 Å². The summed E-state index contributed by atoms with van der Waals surface area (Å²) in [6.45, 7) is 10.1. The van der Waals surface area contributed by atoms with Crippen molar-refractivity contribution in [1.82, 2.24) is 15.3 Å². The summed E-state index contributed by atoms with van der Waals surface area (Å²) in [6.07, 6.45) is 1.60. The fourth-order valence-corrected chi connectivity index (χ4v) is 3.65. The molecule has 1 N–H and O–H groups in total. The number of amides is 1. The van der Waals surface area contributed by atoms with Crippen LogP contribution in [0.1, 0.15) is 41.7 Å². The number of carbonyl (C=O) groups excluding carboxylic acids is 1. The predicted molar refractivity (Wildman–Crippen MR) is 96.4 cm³/mol. The lowest BCUT2D eigenvalue weighted by Gasteiger charge is -2.17. The topological polar surface area (TPSA) is 68.0 Å². The molecule has 1 unspecified atom stereocenters. The van der Waals surface area contributed by atoms with Gasteiger partial charge in [0.25, 0.3) is 5.91 Å². The maximum Gasteiger partial charge on any atom is 0.261 e. The number of thiophene rings is 1. The van der Waals surface area contributed by atoms with Crippen molar-refractivity contribution in [2.24, 2.45) is 5.92 Å². The first-order valence-electron chi connectivity index (χ1n) is 8.01. The molecule has 1 atom stereocenters. The molecular formula is C18H21N3O2S. The summed E-state index contributed by atoms with van der Waals surface area (Å²) >= 11 is 1.41. The molecule has 3 heterocycles. The first-order valence-corrected chi connectivity index (χ1v) is 8.82. The molecule has 0 aliphatic rings. The van der Waals surface area contributed by atoms with Crippen LogP contribution in [0.5, 0.6) is 0 Å². The summed E-state index contributed by atoms with van der Waals surface area (Å²) in [7, 11) is 0. The van der Waals surface area contributed by atoms with Crippen LogP contribution in [0.4, 0.5) is 0 Å². The molecule has 0 spiro atoms. The van der Waals surface area contributed by atoms with Gasteiger partial charge in [-0.2, -0.15) is 0 Å². The molecule has 0 aromatic carbocycles. The molecular weight excluding hydrogens is 322 g/mol. The van der Waals surface area contributed by atoms with Gasteiger partial charge in [-0.3, -0.25) is 4.79 Å². The van der Waals surface area contributed by atoms with E-state index in [4.69, 9.17) is 4.42 Å². The molecule has 0 bridgehead atoms. The monoisotopic (exact) mass is 343 g/mol. The van der Waals surface area contributed by atoms with Gasteiger partial charge in [-0.05, 0) is 44.4 Å². The fourth-order valence-electron chi connectivity index (χ4n) is 2.51. The Morgan fingerprint density at radius 2 is 2.00 bits per heavy atom. The largest absolute Gasteiger partial charge is 0.461 e. The second-order valence-electron chi connectivity index (χ2n) is 6.35. The van der Waals surface area contributed by atoms with Crippen LogP contribution in [-0.4, -0.2) is 21.9 Å². The van der Waals surface area contributed by atoms with Crippen molar-refractivity contribution >= 4 is 27.5 Å². The first kappa shape index (κ1) is 16.6. The number of carbonyl (C=O) groups is 1. The van der Waals surface area contributed by atoms with Gasteiger partial charge in [-0.15, -0.1) is 11.3 Å². The lowest BCUT2D eigenvalue weighted by molar-refractivity contribution is 0.0934. The minimum atomic E-state index is -0.0457. The van der Waals surface area contributed by atoms with E-state index >= 15 is 0 Å². The molecule has 0 fully saturated rings. The molecule has 1 amide bonds. The van der Waals surface area contributed by atoms with Gasteiger partial charge in [0.15, 0.2) is 11.6 Å². The SMILES string of the molecule is Cc1nc(-c2ccco2)nc2sc(C(=O)NC(C)C(C)C)c(C)c12. The zero-order valence-corrected chi connectivity index (χ0v) is 15.3. The zero-order valence-electron chi connectivity index (χ0n) is 14.5. The zero-order chi connectivity index (χ0) is 17.4. The van der Waals surface area contributed by atoms with Crippen molar-refractivity contribution in [2.75, 3.05) is 0 Å². The van der Waals surface area contributed by atoms with Gasteiger partial charge in [-0.1, -0.05) is 13.8 Å². The summed E-state index contributed by atoms with van der Waals surface area (Å²) < 4.78 is 5.39. The molecule has 6 heteroatoms. The minimum Gasteiger partial charge on any atom is -0.461 e. The quantitative estimate of drug-likeness (QED) is 0.765. The molecule has 3 rings (SSSR count). The van der Waals surface area contributed by atoms with Crippen LogP contribution in [0.15, 0.2) is 22.8 Å². The summed E-state index contributed by atoms with van der Waals surface area (Å²) in [5.74, 6) is 1.52. The van der Waals surface area contributed by atoms with E-state index in [1.807, 2.05) is 32.9 Å². The molecule has 0 radical (unpaired) electrons. The van der Waals surface area contributed by atoms with Crippen LogP contribution in [-0.2, 0) is 0 Å². The van der Waals surface area contributed by atoms with Gasteiger partial charge in [0, 0.05) is 11.4 Å². The van der Waals surface area contributed by atoms with Crippen molar-refractivity contribution in [3.63, 3.8) is 0 Å². The van der Waals surface area contributed by atoms with E-state index in [0.29, 0.717) is 22.4 Å². The van der Waals surface area contributed by atoms with Crippen LogP contribution in [0, 0.1) is 19.8 Å². The smallest absolute Gasteiger partial charge is 0.261 e. The number of rotatable bonds is 4. The number of hydrogen-bond acceptors (Lipinski definition) is 5. The van der Waals surface area contributed by atoms with Crippen LogP contribution >= 0.6 is 11.3 Å². The lowest BCUT2D eigenvalue weighted by Crippen LogP contribution is -2.35. The second kappa shape index (κ2) is 6.36. The Hall–Kier alpha value is -2.21. The number of aromatic nitrogens is 2. The molecule has 0 saturated heterocycles. The minimum absolute atomic E-state index is 0.0457. The van der Waals surface area contributed by atoms with E-state index < -0.39 is 0 Å². The summed E-state index contributed by atoms with van der Waals surface area (Å²) in [5.41, 5.74) is 1.79. The normalized spacial score (nSPS) is 12.8. The molecule has 0 aliphatic heterocycles. The Morgan fingerprint density at radius 3 is 2.62 bits per heavy atom. The highest BCUT2D eigenvalue weighted by molar-refractivity contribution is 7.20. The van der Waals surface area contributed by atoms with Gasteiger partial charge in [0.1, 0.15) is 4.83 Å². The summed E-state index contributed by atoms with van der Waals surface area (Å²) in [6, 6.07) is 3.76. The Balaban J connectivity index is 2.04. The van der Waals surface area contributed by atoms with Crippen LogP contribution in [0.25, 0.3) is 21.8 Å². The van der Waals surface area contributed by atoms with Crippen LogP contribution in [0.3, 0.4) is 0 Å². The van der Waals surface area contributed by atoms with Gasteiger partial charge >= 0.3 is 0 Å². The van der Waals surface area contributed by atoms with E-state index in [1.54, 1.807) is 6.26 Å². The third-order valence-corrected chi connectivity index (χ3v) is 5.46. The predicted octanol–water partition coefficient (Wildman–Crippen LogP) is 4.34. The van der Waals surface area contributed by atoms with Crippen molar-refractivity contribution < 1.29 is 9.21 Å². The van der Waals surface area contributed by atoms with E-state index in [1.165, 1.54) is 11.3 Å². The van der Waals surface area contributed by atoms with Gasteiger partial charge < -0.3 is 9.73 Å². The summed E-state index contributed by atoms with van der Waals surface area (Å²) in [5, 5.41) is 4.02. The molecule has 5 nitrogen and oxygen atoms in total. The Morgan fingerprint density at radius 1 is 1.25 bits per heavy atom. The first-order chi connectivity index (χ1) is 11.4. The van der Waals surface area contributed by atoms with Crippen molar-refractivity contribution in [1.29, 1.82) is 0 Å². The molecule has 0 aliphatic carbocycles. The molecule has 0 saturated carbocycles. The molecule has 126 valence electrons. The van der Waals surface area contributed by atoms with E-state index in [-0.39, 0.29) is 11.9 Å². The second-order valence-corrected chi connectivity index (χ2v) is 7.35. The number of nitrogens with zero attached hydrogens (tertiary/aromatic N) is 2. The van der Waals surface area contributed by atoms with Crippen molar-refractivity contribution in [3.05, 3.63) is 34.5 Å². The standard InChI is InChI=1S/C18H21N3O2S/c1-9(2)11(4)20-17(22)15-10(3)14-12(5)19-16(21-18(14)24-15)13-7-6-8-23-13/h6-9,11H,1-5H3,(H,20,22). The van der Waals surface area contributed by atoms with E-state index in [0.717, 1.165) is 21.5 Å². The maximum atomic E-state index is 12.6. The summed E-state index contributed by atoms with van der Waals surface area (Å²) in [4.78, 5) is 23.2. The van der Waals surface area contributed by atoms with E-state index in [9.17, 15) is 4.79 Å². The number of hydrogen-bond donors (Lipinski definition) is 1. The highest BCUT2D eigenvalue weighted by Gasteiger charge is 2.21. The Kier molecular flexibility index (Phi) is 4.41. The van der Waals surface area contributed by atoms with Crippen molar-refractivity contribution in [3.8, 4) is 11.6 Å². The number of furan rings is 1. The third kappa shape index (κ3) is 2.94. The Labute approximate surface area is 145 Å². The maximum absolute atomic E-state index is 12.6. The lowest BCUT2D eigenvalue weighted by atomic mass is 10.1. The van der Waals surface area contributed by atoms with Gasteiger partial charge in [-0.25, -0.2) is 9.97 Å². The number of aryl methyl sites for hydroxylation is 2. The highest BCUT2D eigenvalue weighted by Crippen LogP contribution is 2.33. The number of nitrogens with one attached hydrogen (secondary N) is 1. The third-order valence-electron chi connectivity index (χ3n) is 4.28. The highest BCUT2D eigenvalue weighted by atomic mass is 32.1. The van der Waals surface area contributed by atoms with Crippen molar-refractivity contribution in [2.45, 2.75) is 40.7 Å². The van der Waals surface area contributed by atoms with Gasteiger partial charge in [0.2, 0.25) is 0 Å². The van der Waals surface area contributed by atoms with Crippen LogP contribution < -0.4 is 5.32 Å². The van der Waals surface area contributed by atoms with Gasteiger partial charge in [0.05, 0.1) is 16.8 Å².